The fraction of sp³-hybridized carbons (Fsp3) is 0.667. The summed E-state index contributed by atoms with van der Waals surface area (Å²) in [6.07, 6.45) is 1.56. The summed E-state index contributed by atoms with van der Waals surface area (Å²) >= 11 is 0. The van der Waals surface area contributed by atoms with E-state index >= 15 is 0 Å². The van der Waals surface area contributed by atoms with Gasteiger partial charge >= 0.3 is 35.8 Å². The van der Waals surface area contributed by atoms with Gasteiger partial charge in [0.05, 0.1) is 13.2 Å². The Bertz CT molecular complexity index is 670. The Morgan fingerprint density at radius 1 is 0.833 bits per heavy atom. The Balaban J connectivity index is -0.000000182. The number of rotatable bonds is 9. The van der Waals surface area contributed by atoms with Gasteiger partial charge in [0.1, 0.15) is 24.2 Å². The molecule has 212 valence electrons. The third-order valence-electron chi connectivity index (χ3n) is 3.42. The van der Waals surface area contributed by atoms with Gasteiger partial charge in [-0.25, -0.2) is 0 Å². The van der Waals surface area contributed by atoms with E-state index in [-0.39, 0.29) is 25.4 Å². The molecule has 0 aromatic carbocycles. The van der Waals surface area contributed by atoms with Crippen molar-refractivity contribution < 1.29 is 64.5 Å². The Kier molecular flexibility index (Phi) is 27.3. The zero-order chi connectivity index (χ0) is 29.4. The highest BCUT2D eigenvalue weighted by Gasteiger charge is 2.20. The zero-order valence-corrected chi connectivity index (χ0v) is 19.6. The molecule has 0 saturated carbocycles. The highest BCUT2D eigenvalue weighted by Crippen LogP contribution is 2.03. The van der Waals surface area contributed by atoms with Crippen LogP contribution in [0.1, 0.15) is 32.6 Å². The molecule has 1 aliphatic rings. The van der Waals surface area contributed by atoms with Gasteiger partial charge in [0, 0.05) is 6.42 Å². The molecular weight excluding hydrogens is 494 g/mol. The third kappa shape index (κ3) is 32.8. The minimum atomic E-state index is -1.18. The molecule has 0 spiro atoms. The number of hydrogen-bond acceptors (Lipinski definition) is 12. The zero-order valence-electron chi connectivity index (χ0n) is 19.6. The lowest BCUT2D eigenvalue weighted by molar-refractivity contribution is -0.141. The van der Waals surface area contributed by atoms with Crippen LogP contribution in [0, 0.1) is 0 Å². The Labute approximate surface area is 205 Å². The van der Waals surface area contributed by atoms with Crippen molar-refractivity contribution >= 4 is 35.8 Å². The van der Waals surface area contributed by atoms with Crippen LogP contribution >= 0.6 is 0 Å². The number of aliphatic hydroxyl groups is 1. The Morgan fingerprint density at radius 2 is 1.25 bits per heavy atom. The monoisotopic (exact) mass is 531 g/mol. The molecule has 0 bridgehead atoms. The number of nitrogens with two attached hydrogens (primary N) is 4. The van der Waals surface area contributed by atoms with E-state index in [1.165, 1.54) is 6.92 Å². The van der Waals surface area contributed by atoms with Gasteiger partial charge in [-0.05, 0) is 32.7 Å². The summed E-state index contributed by atoms with van der Waals surface area (Å²) in [5, 5.41) is 58.8. The standard InChI is InChI=1S/C5H9NO4.C5H9NO2.C3H7NO3.C3H7NO2.C2H5NO2/c6-3(5(9)10)1-2-4(7)8;7-5(8)4-2-1-3-6-4;4-2(1-5)3(6)7;1-2(4)3(5)6;3-1-2(4)5/h3H,1-2,6H2,(H,7,8)(H,9,10);4,6H,1-3H2,(H,7,8);2,5H,1,4H2,(H,6,7);2H,4H2,1H3,(H,5,6);1,3H2,(H,4,5)/t;4-;;;/m.0.../s1. The summed E-state index contributed by atoms with van der Waals surface area (Å²) in [5.74, 6) is -6.03. The van der Waals surface area contributed by atoms with E-state index in [1.807, 2.05) is 0 Å². The second-order valence-corrected chi connectivity index (χ2v) is 6.72. The lowest BCUT2D eigenvalue weighted by Crippen LogP contribution is -2.33. The third-order valence-corrected chi connectivity index (χ3v) is 3.42. The molecule has 0 aromatic rings. The van der Waals surface area contributed by atoms with Crippen molar-refractivity contribution in [3.8, 4) is 0 Å². The summed E-state index contributed by atoms with van der Waals surface area (Å²) in [5.41, 5.74) is 19.2. The van der Waals surface area contributed by atoms with E-state index in [9.17, 15) is 28.8 Å². The van der Waals surface area contributed by atoms with Gasteiger partial charge in [-0.3, -0.25) is 28.8 Å². The number of aliphatic hydroxyl groups excluding tert-OH is 1. The smallest absolute Gasteiger partial charge is 0.322 e. The molecule has 1 rings (SSSR count). The number of carbonyl (C=O) groups is 6. The van der Waals surface area contributed by atoms with E-state index in [0.717, 1.165) is 19.4 Å². The first-order valence-corrected chi connectivity index (χ1v) is 10.1. The molecule has 16 N–H and O–H groups in total. The second kappa shape index (κ2) is 24.7. The van der Waals surface area contributed by atoms with Crippen molar-refractivity contribution in [2.45, 2.75) is 56.8 Å². The molecule has 1 heterocycles. The second-order valence-electron chi connectivity index (χ2n) is 6.72. The van der Waals surface area contributed by atoms with E-state index in [2.05, 4.69) is 11.1 Å². The van der Waals surface area contributed by atoms with Gasteiger partial charge in [-0.1, -0.05) is 0 Å². The van der Waals surface area contributed by atoms with Crippen molar-refractivity contribution in [3.05, 3.63) is 0 Å². The van der Waals surface area contributed by atoms with Crippen LogP contribution in [0.25, 0.3) is 0 Å². The number of hydrogen-bond donors (Lipinski definition) is 12. The normalized spacial score (nSPS) is 15.7. The van der Waals surface area contributed by atoms with Crippen molar-refractivity contribution in [3.63, 3.8) is 0 Å². The summed E-state index contributed by atoms with van der Waals surface area (Å²) in [7, 11) is 0. The molecule has 18 nitrogen and oxygen atoms in total. The van der Waals surface area contributed by atoms with Crippen LogP contribution in [0.15, 0.2) is 0 Å². The van der Waals surface area contributed by atoms with Crippen LogP contribution in [0.4, 0.5) is 0 Å². The van der Waals surface area contributed by atoms with Crippen LogP contribution in [0.3, 0.4) is 0 Å². The van der Waals surface area contributed by atoms with Crippen LogP contribution in [-0.4, -0.2) is 115 Å². The maximum absolute atomic E-state index is 10.1. The van der Waals surface area contributed by atoms with Gasteiger partial charge in [-0.15, -0.1) is 0 Å². The van der Waals surface area contributed by atoms with Gasteiger partial charge < -0.3 is 64.0 Å². The topological polar surface area (TPSA) is 360 Å². The van der Waals surface area contributed by atoms with E-state index < -0.39 is 60.5 Å². The molecule has 3 unspecified atom stereocenters. The Hall–Kier alpha value is -3.42. The largest absolute Gasteiger partial charge is 0.481 e. The van der Waals surface area contributed by atoms with Gasteiger partial charge in [0.2, 0.25) is 0 Å². The fourth-order valence-electron chi connectivity index (χ4n) is 1.38. The first-order chi connectivity index (χ1) is 16.4. The SMILES string of the molecule is CC(N)C(=O)O.NC(CCC(=O)O)C(=O)O.NC(CO)C(=O)O.NCC(=O)O.O=C(O)[C@@H]1CCCN1. The summed E-state index contributed by atoms with van der Waals surface area (Å²) < 4.78 is 0. The predicted molar refractivity (Wildman–Crippen MR) is 122 cm³/mol. The average molecular weight is 532 g/mol. The maximum atomic E-state index is 10.1. The molecule has 0 aromatic heterocycles. The predicted octanol–water partition coefficient (Wildman–Crippen LogP) is -4.08. The Morgan fingerprint density at radius 3 is 1.39 bits per heavy atom. The van der Waals surface area contributed by atoms with E-state index in [1.54, 1.807) is 0 Å². The van der Waals surface area contributed by atoms with Gasteiger partial charge in [-0.2, -0.15) is 0 Å². The highest BCUT2D eigenvalue weighted by molar-refractivity contribution is 5.75. The number of aliphatic carboxylic acids is 6. The van der Waals surface area contributed by atoms with Crippen LogP contribution in [0.5, 0.6) is 0 Å². The number of carboxylic acids is 6. The quantitative estimate of drug-likeness (QED) is 0.134. The van der Waals surface area contributed by atoms with Gasteiger partial charge in [0.25, 0.3) is 0 Å². The van der Waals surface area contributed by atoms with Crippen molar-refractivity contribution in [1.29, 1.82) is 0 Å². The minimum absolute atomic E-state index is 0.0231. The molecular formula is C18H37N5O13. The highest BCUT2D eigenvalue weighted by atomic mass is 16.4. The lowest BCUT2D eigenvalue weighted by atomic mass is 10.2. The summed E-state index contributed by atoms with van der Waals surface area (Å²) in [6, 6.07) is -3.18. The molecule has 0 amide bonds. The molecule has 1 saturated heterocycles. The number of nitrogens with one attached hydrogen (secondary N) is 1. The first kappa shape index (κ1) is 39.8. The lowest BCUT2D eigenvalue weighted by Gasteiger charge is -2.01. The molecule has 1 fully saturated rings. The summed E-state index contributed by atoms with van der Waals surface area (Å²) in [6.45, 7) is 1.49. The number of carboxylic acid groups (broad SMARTS) is 6. The van der Waals surface area contributed by atoms with Crippen molar-refractivity contribution in [2.24, 2.45) is 22.9 Å². The molecule has 1 aliphatic heterocycles. The molecule has 0 aliphatic carbocycles. The minimum Gasteiger partial charge on any atom is -0.481 e. The molecule has 18 heteroatoms. The fourth-order valence-corrected chi connectivity index (χ4v) is 1.38. The van der Waals surface area contributed by atoms with E-state index in [4.69, 9.17) is 52.9 Å². The average Bonchev–Trinajstić information content (AvgIpc) is 3.33. The van der Waals surface area contributed by atoms with Crippen LogP contribution in [0.2, 0.25) is 0 Å². The molecule has 0 radical (unpaired) electrons. The molecule has 36 heavy (non-hydrogen) atoms. The first-order valence-electron chi connectivity index (χ1n) is 10.1. The van der Waals surface area contributed by atoms with Crippen LogP contribution < -0.4 is 28.3 Å². The van der Waals surface area contributed by atoms with Crippen LogP contribution in [-0.2, 0) is 28.8 Å². The maximum Gasteiger partial charge on any atom is 0.322 e. The van der Waals surface area contributed by atoms with Crippen molar-refractivity contribution in [1.82, 2.24) is 5.32 Å². The van der Waals surface area contributed by atoms with Crippen molar-refractivity contribution in [2.75, 3.05) is 19.7 Å². The summed E-state index contributed by atoms with van der Waals surface area (Å²) in [4.78, 5) is 58.5. The van der Waals surface area contributed by atoms with E-state index in [0.29, 0.717) is 0 Å². The van der Waals surface area contributed by atoms with Gasteiger partial charge in [0.15, 0.2) is 0 Å². The molecule has 4 atom stereocenters.